The minimum Gasteiger partial charge on any atom is -0.370 e. The van der Waals surface area contributed by atoms with Gasteiger partial charge < -0.3 is 10.2 Å². The highest BCUT2D eigenvalue weighted by Gasteiger charge is 2.18. The third-order valence-electron chi connectivity index (χ3n) is 4.89. The summed E-state index contributed by atoms with van der Waals surface area (Å²) in [4.78, 5) is 23.8. The Kier molecular flexibility index (Phi) is 4.52. The van der Waals surface area contributed by atoms with Crippen LogP contribution >= 0.6 is 0 Å². The van der Waals surface area contributed by atoms with Crippen molar-refractivity contribution in [2.24, 2.45) is 5.92 Å². The number of nitrogens with one attached hydrogen (secondary N) is 1. The highest BCUT2D eigenvalue weighted by molar-refractivity contribution is 6.08. The molecule has 5 heteroatoms. The number of carbonyl (C=O) groups excluding carboxylic acids is 1. The Morgan fingerprint density at radius 2 is 2.12 bits per heavy atom. The van der Waals surface area contributed by atoms with Crippen molar-refractivity contribution in [2.45, 2.75) is 19.8 Å². The van der Waals surface area contributed by atoms with Crippen molar-refractivity contribution in [1.29, 1.82) is 0 Å². The normalized spacial score (nSPS) is 17.3. The van der Waals surface area contributed by atoms with Crippen LogP contribution in [0.4, 0.5) is 11.4 Å². The van der Waals surface area contributed by atoms with E-state index in [0.717, 1.165) is 29.7 Å². The molecule has 4 rings (SSSR count). The highest BCUT2D eigenvalue weighted by Crippen LogP contribution is 2.24. The molecule has 5 nitrogen and oxygen atoms in total. The molecule has 1 amide bonds. The van der Waals surface area contributed by atoms with Crippen molar-refractivity contribution in [2.75, 3.05) is 23.3 Å². The third kappa shape index (κ3) is 3.38. The zero-order valence-corrected chi connectivity index (χ0v) is 14.9. The summed E-state index contributed by atoms with van der Waals surface area (Å²) in [5.41, 5.74) is 3.08. The van der Waals surface area contributed by atoms with Crippen molar-refractivity contribution >= 4 is 28.2 Å². The fourth-order valence-electron chi connectivity index (χ4n) is 3.55. The molecule has 0 bridgehead atoms. The van der Waals surface area contributed by atoms with E-state index in [9.17, 15) is 4.79 Å². The van der Waals surface area contributed by atoms with Crippen LogP contribution in [-0.4, -0.2) is 29.0 Å². The number of carbonyl (C=O) groups is 1. The number of anilines is 2. The van der Waals surface area contributed by atoms with Crippen molar-refractivity contribution in [3.63, 3.8) is 0 Å². The molecular weight excluding hydrogens is 324 g/mol. The number of benzene rings is 1. The number of fused-ring (bicyclic) bond motifs is 1. The number of para-hydroxylation sites is 1. The van der Waals surface area contributed by atoms with E-state index < -0.39 is 0 Å². The molecule has 1 aliphatic heterocycles. The second-order valence-electron chi connectivity index (χ2n) is 6.96. The van der Waals surface area contributed by atoms with Crippen molar-refractivity contribution in [3.8, 4) is 0 Å². The van der Waals surface area contributed by atoms with Gasteiger partial charge in [0.1, 0.15) is 0 Å². The topological polar surface area (TPSA) is 58.1 Å². The smallest absolute Gasteiger partial charge is 0.257 e. The molecule has 1 atom stereocenters. The molecule has 1 aromatic carbocycles. The van der Waals surface area contributed by atoms with Gasteiger partial charge in [0.25, 0.3) is 5.91 Å². The molecule has 0 saturated carbocycles. The average Bonchev–Trinajstić information content (AvgIpc) is 2.68. The molecule has 1 aliphatic rings. The van der Waals surface area contributed by atoms with E-state index in [1.165, 1.54) is 12.8 Å². The lowest BCUT2D eigenvalue weighted by molar-refractivity contribution is 0.102. The van der Waals surface area contributed by atoms with E-state index in [4.69, 9.17) is 0 Å². The minimum absolute atomic E-state index is 0.164. The minimum atomic E-state index is -0.164. The molecule has 26 heavy (non-hydrogen) atoms. The maximum absolute atomic E-state index is 12.8. The molecule has 0 radical (unpaired) electrons. The Hall–Kier alpha value is -2.95. The molecule has 1 fully saturated rings. The lowest BCUT2D eigenvalue weighted by Gasteiger charge is -2.32. The van der Waals surface area contributed by atoms with Crippen molar-refractivity contribution < 1.29 is 4.79 Å². The number of rotatable bonds is 3. The number of pyridine rings is 2. The number of piperidine rings is 1. The summed E-state index contributed by atoms with van der Waals surface area (Å²) < 4.78 is 0. The zero-order chi connectivity index (χ0) is 17.9. The molecule has 3 heterocycles. The fourth-order valence-corrected chi connectivity index (χ4v) is 3.55. The summed E-state index contributed by atoms with van der Waals surface area (Å²) in [5.74, 6) is 0.505. The second-order valence-corrected chi connectivity index (χ2v) is 6.96. The van der Waals surface area contributed by atoms with Crippen LogP contribution < -0.4 is 10.2 Å². The molecule has 2 aromatic heterocycles. The van der Waals surface area contributed by atoms with Crippen LogP contribution in [0.1, 0.15) is 30.1 Å². The summed E-state index contributed by atoms with van der Waals surface area (Å²) in [6, 6.07) is 11.6. The molecule has 3 aromatic rings. The van der Waals surface area contributed by atoms with E-state index in [0.29, 0.717) is 17.2 Å². The number of nitrogens with zero attached hydrogens (tertiary/aromatic N) is 3. The number of hydrogen-bond acceptors (Lipinski definition) is 4. The van der Waals surface area contributed by atoms with Crippen molar-refractivity contribution in [1.82, 2.24) is 9.97 Å². The quantitative estimate of drug-likeness (QED) is 0.775. The van der Waals surface area contributed by atoms with Gasteiger partial charge in [0.2, 0.25) is 0 Å². The van der Waals surface area contributed by atoms with Gasteiger partial charge in [-0.15, -0.1) is 0 Å². The van der Waals surface area contributed by atoms with Gasteiger partial charge in [-0.3, -0.25) is 14.8 Å². The predicted molar refractivity (Wildman–Crippen MR) is 105 cm³/mol. The monoisotopic (exact) mass is 346 g/mol. The molecule has 0 spiro atoms. The first-order valence-corrected chi connectivity index (χ1v) is 9.06. The van der Waals surface area contributed by atoms with Crippen LogP contribution in [0.25, 0.3) is 10.9 Å². The molecular formula is C21H22N4O. The summed E-state index contributed by atoms with van der Waals surface area (Å²) in [7, 11) is 0. The SMILES string of the molecule is CC1CCCN(c2cncc(C(=O)Nc3cccc4cccnc34)c2)C1. The molecule has 1 saturated heterocycles. The zero-order valence-electron chi connectivity index (χ0n) is 14.9. The van der Waals surface area contributed by atoms with Gasteiger partial charge in [-0.05, 0) is 37.0 Å². The summed E-state index contributed by atoms with van der Waals surface area (Å²) in [6.45, 7) is 4.30. The van der Waals surface area contributed by atoms with Crippen LogP contribution in [0.3, 0.4) is 0 Å². The van der Waals surface area contributed by atoms with Gasteiger partial charge in [0.15, 0.2) is 0 Å². The Labute approximate surface area is 153 Å². The highest BCUT2D eigenvalue weighted by atomic mass is 16.1. The number of hydrogen-bond donors (Lipinski definition) is 1. The largest absolute Gasteiger partial charge is 0.370 e. The first-order chi connectivity index (χ1) is 12.7. The van der Waals surface area contributed by atoms with E-state index >= 15 is 0 Å². The first-order valence-electron chi connectivity index (χ1n) is 9.06. The van der Waals surface area contributed by atoms with Crippen LogP contribution in [0.2, 0.25) is 0 Å². The molecule has 132 valence electrons. The number of aromatic nitrogens is 2. The van der Waals surface area contributed by atoms with Crippen LogP contribution in [0, 0.1) is 5.92 Å². The van der Waals surface area contributed by atoms with E-state index in [-0.39, 0.29) is 5.91 Å². The van der Waals surface area contributed by atoms with Gasteiger partial charge in [0, 0.05) is 30.9 Å². The van der Waals surface area contributed by atoms with Crippen LogP contribution in [-0.2, 0) is 0 Å². The predicted octanol–water partition coefficient (Wildman–Crippen LogP) is 4.12. The Morgan fingerprint density at radius 1 is 1.23 bits per heavy atom. The van der Waals surface area contributed by atoms with E-state index in [1.807, 2.05) is 42.6 Å². The second kappa shape index (κ2) is 7.12. The van der Waals surface area contributed by atoms with E-state index in [2.05, 4.69) is 27.1 Å². The van der Waals surface area contributed by atoms with Gasteiger partial charge in [-0.25, -0.2) is 0 Å². The van der Waals surface area contributed by atoms with Gasteiger partial charge in [0.05, 0.1) is 28.7 Å². The summed E-state index contributed by atoms with van der Waals surface area (Å²) in [5, 5.41) is 3.98. The van der Waals surface area contributed by atoms with E-state index in [1.54, 1.807) is 12.4 Å². The van der Waals surface area contributed by atoms with Crippen LogP contribution in [0.5, 0.6) is 0 Å². The molecule has 0 aliphatic carbocycles. The van der Waals surface area contributed by atoms with Gasteiger partial charge >= 0.3 is 0 Å². The Morgan fingerprint density at radius 3 is 3.00 bits per heavy atom. The maximum atomic E-state index is 12.8. The summed E-state index contributed by atoms with van der Waals surface area (Å²) >= 11 is 0. The lowest BCUT2D eigenvalue weighted by atomic mass is 10.00. The Bertz CT molecular complexity index is 935. The standard InChI is InChI=1S/C21H22N4O/c1-15-5-4-10-25(14-15)18-11-17(12-22-13-18)21(26)24-19-8-2-6-16-7-3-9-23-20(16)19/h2-3,6-9,11-13,15H,4-5,10,14H2,1H3,(H,24,26). The third-order valence-corrected chi connectivity index (χ3v) is 4.89. The Balaban J connectivity index is 1.57. The maximum Gasteiger partial charge on any atom is 0.257 e. The fraction of sp³-hybridized carbons (Fsp3) is 0.286. The van der Waals surface area contributed by atoms with Crippen molar-refractivity contribution in [3.05, 3.63) is 60.6 Å². The average molecular weight is 346 g/mol. The first kappa shape index (κ1) is 16.5. The molecule has 1 unspecified atom stereocenters. The van der Waals surface area contributed by atoms with Gasteiger partial charge in [-0.2, -0.15) is 0 Å². The molecule has 1 N–H and O–H groups in total. The van der Waals surface area contributed by atoms with Gasteiger partial charge in [-0.1, -0.05) is 25.1 Å². The summed E-state index contributed by atoms with van der Waals surface area (Å²) in [6.07, 6.45) is 7.63. The van der Waals surface area contributed by atoms with Crippen LogP contribution in [0.15, 0.2) is 55.0 Å². The number of amides is 1. The lowest BCUT2D eigenvalue weighted by Crippen LogP contribution is -2.34.